The van der Waals surface area contributed by atoms with Crippen molar-refractivity contribution in [1.29, 1.82) is 0 Å². The second-order valence-electron chi connectivity index (χ2n) is 21.6. The first-order chi connectivity index (χ1) is 41.1. The van der Waals surface area contributed by atoms with Gasteiger partial charge in [0.1, 0.15) is 22.9 Å². The van der Waals surface area contributed by atoms with Crippen LogP contribution in [0.25, 0.3) is 33.8 Å². The first-order valence-electron chi connectivity index (χ1n) is 29.7. The van der Waals surface area contributed by atoms with Crippen LogP contribution in [0, 0.1) is 0 Å². The van der Waals surface area contributed by atoms with E-state index < -0.39 is 0 Å². The third kappa shape index (κ3) is 17.4. The van der Waals surface area contributed by atoms with Crippen LogP contribution in [-0.2, 0) is 25.7 Å². The summed E-state index contributed by atoms with van der Waals surface area (Å²) < 4.78 is 15.7. The number of unbranched alkanes of at least 4 members (excludes halogenated alkanes) is 8. The van der Waals surface area contributed by atoms with Gasteiger partial charge in [0.05, 0.1) is 36.0 Å². The van der Waals surface area contributed by atoms with Crippen molar-refractivity contribution in [3.05, 3.63) is 252 Å². The van der Waals surface area contributed by atoms with E-state index >= 15 is 0 Å². The van der Waals surface area contributed by atoms with Gasteiger partial charge >= 0.3 is 0 Å². The molecule has 0 saturated carbocycles. The molecule has 10 aromatic rings. The highest BCUT2D eigenvalue weighted by Crippen LogP contribution is 2.31. The van der Waals surface area contributed by atoms with Crippen molar-refractivity contribution in [1.82, 2.24) is 39.4 Å². The molecule has 0 aliphatic rings. The normalized spacial score (nSPS) is 11.1. The molecular formula is C72H80N8O4. The topological polar surface area (TPSA) is 143 Å². The van der Waals surface area contributed by atoms with Crippen LogP contribution in [0.2, 0.25) is 0 Å². The van der Waals surface area contributed by atoms with Crippen LogP contribution in [0.15, 0.2) is 207 Å². The number of benzene rings is 6. The van der Waals surface area contributed by atoms with Gasteiger partial charge in [-0.1, -0.05) is 197 Å². The van der Waals surface area contributed by atoms with E-state index in [1.54, 1.807) is 8.80 Å². The van der Waals surface area contributed by atoms with E-state index in [-0.39, 0.29) is 11.8 Å². The van der Waals surface area contributed by atoms with E-state index in [1.807, 2.05) is 160 Å². The molecule has 6 aromatic carbocycles. The van der Waals surface area contributed by atoms with Crippen molar-refractivity contribution in [3.63, 3.8) is 0 Å². The molecule has 12 nitrogen and oxygen atoms in total. The lowest BCUT2D eigenvalue weighted by Crippen LogP contribution is -2.11. The van der Waals surface area contributed by atoms with E-state index in [1.165, 1.54) is 38.5 Å². The first-order valence-corrected chi connectivity index (χ1v) is 29.7. The van der Waals surface area contributed by atoms with Crippen molar-refractivity contribution in [2.45, 2.75) is 104 Å². The Balaban J connectivity index is 0.000000202. The number of nitrogens with one attached hydrogen (secondary N) is 2. The lowest BCUT2D eigenvalue weighted by Gasteiger charge is -2.08. The van der Waals surface area contributed by atoms with Gasteiger partial charge < -0.3 is 30.3 Å². The minimum absolute atomic E-state index is 0.140. The predicted octanol–water partition coefficient (Wildman–Crippen LogP) is 15.5. The van der Waals surface area contributed by atoms with Crippen LogP contribution in [-0.4, -0.2) is 65.3 Å². The molecule has 0 spiro atoms. The van der Waals surface area contributed by atoms with E-state index in [2.05, 4.69) is 60.2 Å². The zero-order valence-electron chi connectivity index (χ0n) is 48.9. The molecule has 0 amide bonds. The predicted molar refractivity (Wildman–Crippen MR) is 340 cm³/mol. The highest BCUT2D eigenvalue weighted by Gasteiger charge is 2.20. The molecule has 0 bridgehead atoms. The lowest BCUT2D eigenvalue weighted by molar-refractivity contribution is 0.304. The molecule has 0 unspecified atom stereocenters. The lowest BCUT2D eigenvalue weighted by atomic mass is 10.1. The van der Waals surface area contributed by atoms with Crippen molar-refractivity contribution in [2.75, 3.05) is 26.3 Å². The molecule has 4 N–H and O–H groups in total. The number of nitrogens with zero attached hydrogens (tertiary/aromatic N) is 6. The van der Waals surface area contributed by atoms with Gasteiger partial charge in [0.2, 0.25) is 11.8 Å². The number of aromatic nitrogens is 6. The third-order valence-corrected chi connectivity index (χ3v) is 14.6. The summed E-state index contributed by atoms with van der Waals surface area (Å²) >= 11 is 0. The summed E-state index contributed by atoms with van der Waals surface area (Å²) in [5.74, 6) is 1.98. The summed E-state index contributed by atoms with van der Waals surface area (Å²) in [6, 6.07) is 56.8. The van der Waals surface area contributed by atoms with Crippen molar-refractivity contribution in [2.24, 2.45) is 0 Å². The molecule has 0 radical (unpaired) electrons. The highest BCUT2D eigenvalue weighted by atomic mass is 16.5. The average molecular weight is 1120 g/mol. The largest absolute Gasteiger partial charge is 0.494 e. The number of allylic oxidation sites excluding steroid dienone is 2. The molecule has 432 valence electrons. The molecule has 4 heterocycles. The second kappa shape index (κ2) is 30.8. The Morgan fingerprint density at radius 1 is 0.405 bits per heavy atom. The van der Waals surface area contributed by atoms with Crippen LogP contribution >= 0.6 is 0 Å². The summed E-state index contributed by atoms with van der Waals surface area (Å²) in [7, 11) is 0. The Hall–Kier alpha value is -9.16. The Morgan fingerprint density at radius 2 is 0.750 bits per heavy atom. The van der Waals surface area contributed by atoms with Crippen LogP contribution in [0.5, 0.6) is 23.3 Å². The fourth-order valence-electron chi connectivity index (χ4n) is 10.2. The van der Waals surface area contributed by atoms with E-state index in [0.29, 0.717) is 61.6 Å². The summed E-state index contributed by atoms with van der Waals surface area (Å²) in [5, 5.41) is 29.2. The summed E-state index contributed by atoms with van der Waals surface area (Å²) in [6.45, 7) is 15.1. The zero-order chi connectivity index (χ0) is 58.3. The van der Waals surface area contributed by atoms with Gasteiger partial charge in [0, 0.05) is 73.7 Å². The number of rotatable bonds is 30. The van der Waals surface area contributed by atoms with E-state index in [0.717, 1.165) is 118 Å². The van der Waals surface area contributed by atoms with Gasteiger partial charge in [-0.3, -0.25) is 8.80 Å². The maximum absolute atomic E-state index is 11.3. The Morgan fingerprint density at radius 3 is 1.14 bits per heavy atom. The van der Waals surface area contributed by atoms with Gasteiger partial charge in [0.25, 0.3) is 0 Å². The SMILES string of the molecule is C=C(C)NCCCCCCCCOc1cccc(Cc2nc3c(Cc4ccccc4)nc(-c4ccccc4)cn3c2O)c1.C=C(C)NCCCCCCOc1cccc(Cc2nc3c(Cc4ccccc4)nc(-c4ccccc4)cn3c2O)c1. The summed E-state index contributed by atoms with van der Waals surface area (Å²) in [4.78, 5) is 19.8. The minimum Gasteiger partial charge on any atom is -0.494 e. The van der Waals surface area contributed by atoms with Gasteiger partial charge in [-0.2, -0.15) is 0 Å². The van der Waals surface area contributed by atoms with Crippen molar-refractivity contribution >= 4 is 11.3 Å². The van der Waals surface area contributed by atoms with Crippen LogP contribution in [0.3, 0.4) is 0 Å². The number of hydrogen-bond donors (Lipinski definition) is 4. The zero-order valence-corrected chi connectivity index (χ0v) is 48.9. The molecule has 0 saturated heterocycles. The number of fused-ring (bicyclic) bond motifs is 2. The molecule has 84 heavy (non-hydrogen) atoms. The fourth-order valence-corrected chi connectivity index (χ4v) is 10.2. The Kier molecular flexibility index (Phi) is 21.8. The molecular weight excluding hydrogens is 1040 g/mol. The highest BCUT2D eigenvalue weighted by molar-refractivity contribution is 5.65. The third-order valence-electron chi connectivity index (χ3n) is 14.6. The van der Waals surface area contributed by atoms with Gasteiger partial charge in [0.15, 0.2) is 11.3 Å². The Labute approximate surface area is 495 Å². The van der Waals surface area contributed by atoms with Crippen molar-refractivity contribution in [3.8, 4) is 45.8 Å². The van der Waals surface area contributed by atoms with Crippen molar-refractivity contribution < 1.29 is 19.7 Å². The number of imidazole rings is 2. The second-order valence-corrected chi connectivity index (χ2v) is 21.6. The van der Waals surface area contributed by atoms with Gasteiger partial charge in [-0.15, -0.1) is 0 Å². The number of ether oxygens (including phenoxy) is 2. The number of aromatic hydroxyl groups is 2. The molecule has 0 fully saturated rings. The molecule has 0 aliphatic carbocycles. The molecule has 12 heteroatoms. The standard InChI is InChI=1S/C37H42N4O2.C35H38N4O2/c1-28(2)38-22-13-5-3-4-6-14-23-43-32-21-15-18-30(24-32)26-34-37(42)41-27-35(31-19-11-8-12-20-31)39-33(36(41)40-34)25-29-16-9-7-10-17-29;1-26(2)36-20-11-3-4-12-21-41-30-19-13-16-28(22-30)24-32-35(40)39-25-33(29-17-9-6-10-18-29)37-31(34(39)38-32)23-27-14-7-5-8-15-27/h7-12,15-21,24,27,38,42H,1,3-6,13-14,22-23,25-26H2,2H3;5-10,13-19,22,25,36,40H,1,3-4,11-12,20-21,23-24H2,2H3. The van der Waals surface area contributed by atoms with Gasteiger partial charge in [-0.25, -0.2) is 19.9 Å². The molecule has 10 rings (SSSR count). The van der Waals surface area contributed by atoms with E-state index in [9.17, 15) is 10.2 Å². The number of hydrogen-bond acceptors (Lipinski definition) is 10. The monoisotopic (exact) mass is 1120 g/mol. The Bertz CT molecular complexity index is 3680. The smallest absolute Gasteiger partial charge is 0.219 e. The average Bonchev–Trinajstić information content (AvgIpc) is 3.59. The first kappa shape index (κ1) is 59.5. The quantitative estimate of drug-likeness (QED) is 0.0321. The minimum atomic E-state index is 0.140. The fraction of sp³-hybridized carbons (Fsp3) is 0.278. The van der Waals surface area contributed by atoms with E-state index in [4.69, 9.17) is 29.4 Å². The summed E-state index contributed by atoms with van der Waals surface area (Å²) in [5.41, 5.74) is 14.3. The molecule has 0 aliphatic heterocycles. The van der Waals surface area contributed by atoms with Crippen LogP contribution in [0.4, 0.5) is 0 Å². The van der Waals surface area contributed by atoms with Crippen LogP contribution in [0.1, 0.15) is 123 Å². The maximum atomic E-state index is 11.3. The van der Waals surface area contributed by atoms with Gasteiger partial charge in [-0.05, 0) is 86.1 Å². The molecule has 4 aromatic heterocycles. The maximum Gasteiger partial charge on any atom is 0.219 e. The molecule has 0 atom stereocenters. The van der Waals surface area contributed by atoms with Crippen LogP contribution < -0.4 is 20.1 Å². The summed E-state index contributed by atoms with van der Waals surface area (Å²) in [6.07, 6.45) is 17.6.